The quantitative estimate of drug-likeness (QED) is 0.447. The van der Waals surface area contributed by atoms with E-state index in [1.54, 1.807) is 20.2 Å². The van der Waals surface area contributed by atoms with Gasteiger partial charge in [0.2, 0.25) is 0 Å². The highest BCUT2D eigenvalue weighted by atomic mass is 16.5. The van der Waals surface area contributed by atoms with E-state index in [0.717, 1.165) is 17.1 Å². The third-order valence-electron chi connectivity index (χ3n) is 4.15. The van der Waals surface area contributed by atoms with Crippen molar-refractivity contribution in [1.29, 1.82) is 0 Å². The summed E-state index contributed by atoms with van der Waals surface area (Å²) in [7, 11) is 3.35. The topological polar surface area (TPSA) is 84.0 Å². The number of hydrogen-bond acceptors (Lipinski definition) is 4. The number of carbonyl (C=O) groups excluding carboxylic acids is 1. The maximum Gasteiger partial charge on any atom is 0.251 e. The molecule has 1 amide bonds. The highest BCUT2D eigenvalue weighted by molar-refractivity contribution is 5.94. The molecule has 156 valence electrons. The zero-order valence-electron chi connectivity index (χ0n) is 17.5. The number of aliphatic imine (C=N–C) groups is 1. The van der Waals surface area contributed by atoms with Crippen LogP contribution >= 0.6 is 0 Å². The fourth-order valence-electron chi connectivity index (χ4n) is 2.68. The summed E-state index contributed by atoms with van der Waals surface area (Å²) < 4.78 is 11.1. The van der Waals surface area contributed by atoms with Crippen molar-refractivity contribution in [3.05, 3.63) is 59.7 Å². The predicted molar refractivity (Wildman–Crippen MR) is 116 cm³/mol. The number of carbonyl (C=O) groups is 1. The van der Waals surface area contributed by atoms with E-state index in [2.05, 4.69) is 20.9 Å². The van der Waals surface area contributed by atoms with Crippen LogP contribution in [-0.4, -0.2) is 45.2 Å². The lowest BCUT2D eigenvalue weighted by molar-refractivity contribution is 0.0955. The second-order valence-electron chi connectivity index (χ2n) is 6.47. The Labute approximate surface area is 172 Å². The molecule has 0 aliphatic heterocycles. The second-order valence-corrected chi connectivity index (χ2v) is 6.47. The summed E-state index contributed by atoms with van der Waals surface area (Å²) in [5.41, 5.74) is 1.65. The molecule has 0 spiro atoms. The van der Waals surface area contributed by atoms with Crippen molar-refractivity contribution < 1.29 is 14.3 Å². The van der Waals surface area contributed by atoms with Crippen molar-refractivity contribution in [2.45, 2.75) is 26.5 Å². The van der Waals surface area contributed by atoms with Gasteiger partial charge in [0, 0.05) is 31.8 Å². The van der Waals surface area contributed by atoms with E-state index in [4.69, 9.17) is 9.47 Å². The molecule has 29 heavy (non-hydrogen) atoms. The molecule has 0 radical (unpaired) electrons. The van der Waals surface area contributed by atoms with Crippen LogP contribution in [0, 0.1) is 0 Å². The first-order valence-electron chi connectivity index (χ1n) is 9.68. The maximum absolute atomic E-state index is 12.0. The lowest BCUT2D eigenvalue weighted by atomic mass is 10.1. The first-order chi connectivity index (χ1) is 14.0. The van der Waals surface area contributed by atoms with E-state index in [0.29, 0.717) is 31.2 Å². The number of guanidine groups is 1. The van der Waals surface area contributed by atoms with Gasteiger partial charge in [-0.1, -0.05) is 18.2 Å². The summed E-state index contributed by atoms with van der Waals surface area (Å²) in [6, 6.07) is 15.0. The van der Waals surface area contributed by atoms with E-state index >= 15 is 0 Å². The minimum Gasteiger partial charge on any atom is -0.497 e. The molecule has 0 saturated heterocycles. The minimum atomic E-state index is -0.0691. The summed E-state index contributed by atoms with van der Waals surface area (Å²) in [4.78, 5) is 16.2. The molecular weight excluding hydrogens is 368 g/mol. The number of hydrogen-bond donors (Lipinski definition) is 3. The Bertz CT molecular complexity index is 823. The number of nitrogens with one attached hydrogen (secondary N) is 3. The largest absolute Gasteiger partial charge is 0.497 e. The third-order valence-corrected chi connectivity index (χ3v) is 4.15. The Kier molecular flexibility index (Phi) is 8.82. The Hall–Kier alpha value is -3.22. The van der Waals surface area contributed by atoms with Crippen LogP contribution in [0.1, 0.15) is 29.8 Å². The Morgan fingerprint density at radius 1 is 1.07 bits per heavy atom. The van der Waals surface area contributed by atoms with Gasteiger partial charge in [-0.3, -0.25) is 9.79 Å². The summed E-state index contributed by atoms with van der Waals surface area (Å²) in [5.74, 6) is 2.11. The van der Waals surface area contributed by atoms with E-state index in [1.165, 1.54) is 0 Å². The van der Waals surface area contributed by atoms with Gasteiger partial charge < -0.3 is 25.4 Å². The van der Waals surface area contributed by atoms with Gasteiger partial charge in [-0.2, -0.15) is 0 Å². The molecule has 1 atom stereocenters. The molecule has 7 heteroatoms. The Balaban J connectivity index is 1.83. The van der Waals surface area contributed by atoms with Crippen molar-refractivity contribution >= 4 is 11.9 Å². The van der Waals surface area contributed by atoms with Gasteiger partial charge >= 0.3 is 0 Å². The molecule has 1 unspecified atom stereocenters. The van der Waals surface area contributed by atoms with Crippen LogP contribution in [0.4, 0.5) is 0 Å². The number of amides is 1. The zero-order chi connectivity index (χ0) is 21.1. The minimum absolute atomic E-state index is 0.0678. The van der Waals surface area contributed by atoms with Crippen LogP contribution in [0.15, 0.2) is 53.5 Å². The first-order valence-corrected chi connectivity index (χ1v) is 9.68. The average molecular weight is 399 g/mol. The molecule has 2 aromatic rings. The number of methoxy groups -OCH3 is 1. The van der Waals surface area contributed by atoms with Gasteiger partial charge in [0.15, 0.2) is 5.96 Å². The van der Waals surface area contributed by atoms with Crippen molar-refractivity contribution in [1.82, 2.24) is 16.0 Å². The monoisotopic (exact) mass is 398 g/mol. The molecule has 0 aliphatic carbocycles. The highest BCUT2D eigenvalue weighted by Gasteiger charge is 2.08. The summed E-state index contributed by atoms with van der Waals surface area (Å²) in [6.45, 7) is 5.62. The van der Waals surface area contributed by atoms with Crippen molar-refractivity contribution in [3.8, 4) is 11.5 Å². The summed E-state index contributed by atoms with van der Waals surface area (Å²) in [5, 5.41) is 9.31. The lowest BCUT2D eigenvalue weighted by Crippen LogP contribution is -2.41. The molecule has 0 saturated carbocycles. The van der Waals surface area contributed by atoms with Crippen LogP contribution in [0.5, 0.6) is 11.5 Å². The van der Waals surface area contributed by atoms with Crippen LogP contribution in [0.3, 0.4) is 0 Å². The molecule has 0 bridgehead atoms. The molecule has 3 N–H and O–H groups in total. The van der Waals surface area contributed by atoms with Gasteiger partial charge in [0.25, 0.3) is 5.91 Å². The molecule has 7 nitrogen and oxygen atoms in total. The van der Waals surface area contributed by atoms with E-state index in [1.807, 2.05) is 56.3 Å². The number of ether oxygens (including phenoxy) is 2. The molecule has 2 aromatic carbocycles. The summed E-state index contributed by atoms with van der Waals surface area (Å²) in [6.07, 6.45) is -0.0678. The zero-order valence-corrected chi connectivity index (χ0v) is 17.5. The smallest absolute Gasteiger partial charge is 0.251 e. The Morgan fingerprint density at radius 3 is 2.55 bits per heavy atom. The van der Waals surface area contributed by atoms with Gasteiger partial charge in [0.05, 0.1) is 13.7 Å². The summed E-state index contributed by atoms with van der Waals surface area (Å²) >= 11 is 0. The van der Waals surface area contributed by atoms with E-state index in [9.17, 15) is 4.79 Å². The number of rotatable bonds is 9. The van der Waals surface area contributed by atoms with E-state index < -0.39 is 0 Å². The van der Waals surface area contributed by atoms with Crippen LogP contribution in [0.25, 0.3) is 0 Å². The third kappa shape index (κ3) is 7.37. The first kappa shape index (κ1) is 22.1. The SMILES string of the molecule is CCNC(=O)c1cccc(CNC(=NC)NCC(C)Oc2cccc(OC)c2)c1. The highest BCUT2D eigenvalue weighted by Crippen LogP contribution is 2.19. The lowest BCUT2D eigenvalue weighted by Gasteiger charge is -2.18. The Morgan fingerprint density at radius 2 is 1.83 bits per heavy atom. The van der Waals surface area contributed by atoms with Crippen LogP contribution in [-0.2, 0) is 6.54 Å². The van der Waals surface area contributed by atoms with Gasteiger partial charge in [-0.05, 0) is 43.7 Å². The molecular formula is C22H30N4O3. The standard InChI is InChI=1S/C22H30N4O3/c1-5-24-21(27)18-9-6-8-17(12-18)15-26-22(23-3)25-14-16(2)29-20-11-7-10-19(13-20)28-4/h6-13,16H,5,14-15H2,1-4H3,(H,24,27)(H2,23,25,26). The molecule has 0 aliphatic rings. The van der Waals surface area contributed by atoms with Gasteiger partial charge in [-0.25, -0.2) is 0 Å². The van der Waals surface area contributed by atoms with Crippen molar-refractivity contribution in [2.75, 3.05) is 27.2 Å². The van der Waals surface area contributed by atoms with Crippen LogP contribution < -0.4 is 25.4 Å². The second kappa shape index (κ2) is 11.6. The van der Waals surface area contributed by atoms with Crippen molar-refractivity contribution in [2.24, 2.45) is 4.99 Å². The molecule has 0 fully saturated rings. The molecule has 0 aromatic heterocycles. The van der Waals surface area contributed by atoms with Gasteiger partial charge in [-0.15, -0.1) is 0 Å². The van der Waals surface area contributed by atoms with Gasteiger partial charge in [0.1, 0.15) is 17.6 Å². The van der Waals surface area contributed by atoms with E-state index in [-0.39, 0.29) is 12.0 Å². The fraction of sp³-hybridized carbons (Fsp3) is 0.364. The number of nitrogens with zero attached hydrogens (tertiary/aromatic N) is 1. The maximum atomic E-state index is 12.0. The van der Waals surface area contributed by atoms with Crippen LogP contribution in [0.2, 0.25) is 0 Å². The van der Waals surface area contributed by atoms with Crippen molar-refractivity contribution in [3.63, 3.8) is 0 Å². The fourth-order valence-corrected chi connectivity index (χ4v) is 2.68. The molecule has 0 heterocycles. The normalized spacial score (nSPS) is 12.1. The molecule has 2 rings (SSSR count). The number of benzene rings is 2. The average Bonchev–Trinajstić information content (AvgIpc) is 2.74. The predicted octanol–water partition coefficient (Wildman–Crippen LogP) is 2.58.